The van der Waals surface area contributed by atoms with Gasteiger partial charge in [-0.3, -0.25) is 4.90 Å². The molecule has 0 aromatic heterocycles. The maximum absolute atomic E-state index is 6.62. The van der Waals surface area contributed by atoms with E-state index in [1.54, 1.807) is 0 Å². The molecule has 0 unspecified atom stereocenters. The van der Waals surface area contributed by atoms with E-state index in [1.165, 1.54) is 5.56 Å². The van der Waals surface area contributed by atoms with Crippen LogP contribution in [0.1, 0.15) is 32.4 Å². The van der Waals surface area contributed by atoms with Gasteiger partial charge in [0.25, 0.3) is 0 Å². The molecule has 1 saturated heterocycles. The molecule has 0 saturated carbocycles. The summed E-state index contributed by atoms with van der Waals surface area (Å²) in [5, 5.41) is 4.30. The van der Waals surface area contributed by atoms with Gasteiger partial charge in [-0.2, -0.15) is 0 Å². The summed E-state index contributed by atoms with van der Waals surface area (Å²) in [5.74, 6) is 0. The fourth-order valence-corrected chi connectivity index (χ4v) is 3.45. The first-order chi connectivity index (χ1) is 9.80. The Hall–Kier alpha value is -0.770. The van der Waals surface area contributed by atoms with Crippen LogP contribution in [0.3, 0.4) is 0 Å². The molecule has 0 spiro atoms. The zero-order chi connectivity index (χ0) is 15.6. The Morgan fingerprint density at radius 1 is 1.19 bits per heavy atom. The molecule has 0 aliphatic carbocycles. The van der Waals surface area contributed by atoms with Crippen molar-refractivity contribution in [3.63, 3.8) is 0 Å². The summed E-state index contributed by atoms with van der Waals surface area (Å²) in [7, 11) is 4.09. The zero-order valence-corrected chi connectivity index (χ0v) is 14.7. The Bertz CT molecular complexity index is 473. The number of benzene rings is 1. The Labute approximate surface area is 134 Å². The second kappa shape index (κ2) is 6.55. The van der Waals surface area contributed by atoms with Crippen LogP contribution >= 0.6 is 11.6 Å². The first-order valence-corrected chi connectivity index (χ1v) is 8.10. The van der Waals surface area contributed by atoms with Crippen LogP contribution in [0.5, 0.6) is 0 Å². The number of halogens is 1. The van der Waals surface area contributed by atoms with Crippen molar-refractivity contribution in [2.24, 2.45) is 5.41 Å². The van der Waals surface area contributed by atoms with Gasteiger partial charge in [-0.1, -0.05) is 38.4 Å². The van der Waals surface area contributed by atoms with Crippen LogP contribution < -0.4 is 10.2 Å². The molecule has 3 nitrogen and oxygen atoms in total. The lowest BCUT2D eigenvalue weighted by Gasteiger charge is -2.43. The van der Waals surface area contributed by atoms with Crippen molar-refractivity contribution in [1.82, 2.24) is 10.2 Å². The Morgan fingerprint density at radius 2 is 1.81 bits per heavy atom. The summed E-state index contributed by atoms with van der Waals surface area (Å²) < 4.78 is 0. The van der Waals surface area contributed by atoms with Crippen LogP contribution in [0.25, 0.3) is 0 Å². The molecular formula is C17H28ClN3. The number of anilines is 1. The number of rotatable bonds is 3. The summed E-state index contributed by atoms with van der Waals surface area (Å²) in [5.41, 5.74) is 2.55. The highest BCUT2D eigenvalue weighted by Gasteiger charge is 2.33. The fourth-order valence-electron chi connectivity index (χ4n) is 3.17. The van der Waals surface area contributed by atoms with E-state index in [1.807, 2.05) is 14.1 Å². The lowest BCUT2D eigenvalue weighted by Crippen LogP contribution is -2.48. The molecule has 2 rings (SSSR count). The van der Waals surface area contributed by atoms with E-state index in [9.17, 15) is 0 Å². The minimum Gasteiger partial charge on any atom is -0.378 e. The number of nitrogens with one attached hydrogen (secondary N) is 1. The van der Waals surface area contributed by atoms with E-state index >= 15 is 0 Å². The Morgan fingerprint density at radius 3 is 2.29 bits per heavy atom. The molecule has 1 atom stereocenters. The van der Waals surface area contributed by atoms with E-state index in [-0.39, 0.29) is 5.41 Å². The van der Waals surface area contributed by atoms with E-state index in [4.69, 9.17) is 11.6 Å². The molecular weight excluding hydrogens is 282 g/mol. The van der Waals surface area contributed by atoms with E-state index in [2.05, 4.69) is 54.1 Å². The van der Waals surface area contributed by atoms with Crippen molar-refractivity contribution in [1.29, 1.82) is 0 Å². The minimum atomic E-state index is 0.153. The first kappa shape index (κ1) is 16.6. The maximum Gasteiger partial charge on any atom is 0.0474 e. The molecule has 1 N–H and O–H groups in total. The summed E-state index contributed by atoms with van der Waals surface area (Å²) >= 11 is 6.62. The predicted octanol–water partition coefficient (Wildman–Crippen LogP) is 3.40. The highest BCUT2D eigenvalue weighted by Crippen LogP contribution is 2.41. The monoisotopic (exact) mass is 309 g/mol. The lowest BCUT2D eigenvalue weighted by molar-refractivity contribution is 0.0863. The largest absolute Gasteiger partial charge is 0.378 e. The summed E-state index contributed by atoms with van der Waals surface area (Å²) in [6.07, 6.45) is 0. The Kier molecular flexibility index (Phi) is 5.18. The third-order valence-electron chi connectivity index (χ3n) is 4.13. The van der Waals surface area contributed by atoms with Crippen molar-refractivity contribution < 1.29 is 0 Å². The number of hydrogen-bond acceptors (Lipinski definition) is 3. The number of nitrogens with zero attached hydrogens (tertiary/aromatic N) is 2. The molecule has 118 valence electrons. The first-order valence-electron chi connectivity index (χ1n) is 7.72. The molecule has 1 aliphatic rings. The van der Waals surface area contributed by atoms with Gasteiger partial charge in [0.15, 0.2) is 0 Å². The highest BCUT2D eigenvalue weighted by molar-refractivity contribution is 6.31. The standard InChI is InChI=1S/C17H28ClN3/c1-17(2,3)16(21-10-8-19-9-11-21)14-7-6-13(20(4)5)12-15(14)18/h6-7,12,16,19H,8-11H2,1-5H3/t16-/m0/s1. The van der Waals surface area contributed by atoms with Gasteiger partial charge < -0.3 is 10.2 Å². The third-order valence-corrected chi connectivity index (χ3v) is 4.46. The van der Waals surface area contributed by atoms with Gasteiger partial charge in [0.05, 0.1) is 0 Å². The van der Waals surface area contributed by atoms with Gasteiger partial charge in [-0.05, 0) is 23.1 Å². The summed E-state index contributed by atoms with van der Waals surface area (Å²) in [4.78, 5) is 4.65. The molecule has 21 heavy (non-hydrogen) atoms. The average Bonchev–Trinajstić information content (AvgIpc) is 2.40. The van der Waals surface area contributed by atoms with Crippen LogP contribution in [-0.2, 0) is 0 Å². The average molecular weight is 310 g/mol. The predicted molar refractivity (Wildman–Crippen MR) is 92.4 cm³/mol. The molecule has 0 amide bonds. The second-order valence-electron chi connectivity index (χ2n) is 7.15. The summed E-state index contributed by atoms with van der Waals surface area (Å²) in [6.45, 7) is 11.2. The normalized spacial score (nSPS) is 18.6. The molecule has 1 aromatic rings. The van der Waals surface area contributed by atoms with Gasteiger partial charge in [0.2, 0.25) is 0 Å². The van der Waals surface area contributed by atoms with Crippen LogP contribution in [0.15, 0.2) is 18.2 Å². The van der Waals surface area contributed by atoms with Gasteiger partial charge in [-0.25, -0.2) is 0 Å². The second-order valence-corrected chi connectivity index (χ2v) is 7.56. The van der Waals surface area contributed by atoms with Crippen LogP contribution in [0.2, 0.25) is 5.02 Å². The smallest absolute Gasteiger partial charge is 0.0474 e. The van der Waals surface area contributed by atoms with Crippen LogP contribution in [-0.4, -0.2) is 45.2 Å². The van der Waals surface area contributed by atoms with E-state index in [0.717, 1.165) is 36.9 Å². The van der Waals surface area contributed by atoms with Gasteiger partial charge in [0.1, 0.15) is 0 Å². The van der Waals surface area contributed by atoms with Crippen molar-refractivity contribution in [2.75, 3.05) is 45.2 Å². The van der Waals surface area contributed by atoms with Gasteiger partial charge >= 0.3 is 0 Å². The third kappa shape index (κ3) is 3.91. The molecule has 1 aliphatic heterocycles. The maximum atomic E-state index is 6.62. The van der Waals surface area contributed by atoms with Crippen molar-refractivity contribution in [3.05, 3.63) is 28.8 Å². The zero-order valence-electron chi connectivity index (χ0n) is 13.9. The molecule has 4 heteroatoms. The minimum absolute atomic E-state index is 0.153. The van der Waals surface area contributed by atoms with Crippen LogP contribution in [0.4, 0.5) is 5.69 Å². The molecule has 0 radical (unpaired) electrons. The highest BCUT2D eigenvalue weighted by atomic mass is 35.5. The van der Waals surface area contributed by atoms with Gasteiger partial charge in [0, 0.05) is 57.0 Å². The quantitative estimate of drug-likeness (QED) is 0.923. The molecule has 1 fully saturated rings. The molecule has 1 aromatic carbocycles. The number of hydrogen-bond donors (Lipinski definition) is 1. The van der Waals surface area contributed by atoms with E-state index in [0.29, 0.717) is 6.04 Å². The lowest BCUT2D eigenvalue weighted by atomic mass is 9.81. The molecule has 1 heterocycles. The number of piperazine rings is 1. The Balaban J connectivity index is 2.37. The van der Waals surface area contributed by atoms with E-state index < -0.39 is 0 Å². The summed E-state index contributed by atoms with van der Waals surface area (Å²) in [6, 6.07) is 6.80. The van der Waals surface area contributed by atoms with Crippen molar-refractivity contribution in [2.45, 2.75) is 26.8 Å². The van der Waals surface area contributed by atoms with Gasteiger partial charge in [-0.15, -0.1) is 0 Å². The van der Waals surface area contributed by atoms with Crippen molar-refractivity contribution >= 4 is 17.3 Å². The van der Waals surface area contributed by atoms with Crippen molar-refractivity contribution in [3.8, 4) is 0 Å². The fraction of sp³-hybridized carbons (Fsp3) is 0.647. The SMILES string of the molecule is CN(C)c1ccc([C@H](N2CCNCC2)C(C)(C)C)c(Cl)c1. The van der Waals surface area contributed by atoms with Crippen LogP contribution in [0, 0.1) is 5.41 Å². The molecule has 0 bridgehead atoms. The topological polar surface area (TPSA) is 18.5 Å².